The first-order chi connectivity index (χ1) is 11.6. The van der Waals surface area contributed by atoms with Gasteiger partial charge in [-0.25, -0.2) is 17.2 Å². The van der Waals surface area contributed by atoms with Crippen molar-refractivity contribution in [2.45, 2.75) is 13.8 Å². The number of carbonyl (C=O) groups is 1. The number of hydrogen-bond donors (Lipinski definition) is 1. The van der Waals surface area contributed by atoms with Crippen molar-refractivity contribution in [3.8, 4) is 0 Å². The molecule has 0 saturated heterocycles. The number of hydrogen-bond acceptors (Lipinski definition) is 3. The van der Waals surface area contributed by atoms with Crippen LogP contribution in [0.4, 0.5) is 20.2 Å². The van der Waals surface area contributed by atoms with Gasteiger partial charge in [0.2, 0.25) is 15.9 Å². The number of rotatable bonds is 5. The van der Waals surface area contributed by atoms with Crippen LogP contribution in [0.5, 0.6) is 0 Å². The molecule has 0 aliphatic carbocycles. The molecule has 5 nitrogen and oxygen atoms in total. The van der Waals surface area contributed by atoms with E-state index in [1.54, 1.807) is 32.0 Å². The molecule has 2 aromatic carbocycles. The molecule has 0 aliphatic heterocycles. The summed E-state index contributed by atoms with van der Waals surface area (Å²) in [7, 11) is -3.75. The van der Waals surface area contributed by atoms with Crippen LogP contribution in [-0.2, 0) is 14.8 Å². The second-order valence-electron chi connectivity index (χ2n) is 5.68. The van der Waals surface area contributed by atoms with Crippen molar-refractivity contribution in [3.05, 3.63) is 59.2 Å². The van der Waals surface area contributed by atoms with Gasteiger partial charge < -0.3 is 5.32 Å². The zero-order chi connectivity index (χ0) is 18.8. The number of amides is 1. The number of benzene rings is 2. The summed E-state index contributed by atoms with van der Waals surface area (Å²) in [5.74, 6) is -2.45. The molecule has 8 heteroatoms. The molecule has 0 spiro atoms. The van der Waals surface area contributed by atoms with E-state index in [2.05, 4.69) is 5.32 Å². The highest BCUT2D eigenvalue weighted by atomic mass is 32.2. The molecule has 2 aromatic rings. The van der Waals surface area contributed by atoms with Crippen LogP contribution in [0.1, 0.15) is 11.1 Å². The van der Waals surface area contributed by atoms with Crippen LogP contribution in [0.3, 0.4) is 0 Å². The van der Waals surface area contributed by atoms with Gasteiger partial charge in [-0.15, -0.1) is 0 Å². The zero-order valence-electron chi connectivity index (χ0n) is 14.0. The third-order valence-corrected chi connectivity index (χ3v) is 4.69. The van der Waals surface area contributed by atoms with E-state index in [9.17, 15) is 22.0 Å². The summed E-state index contributed by atoms with van der Waals surface area (Å²) >= 11 is 0. The molecule has 0 radical (unpaired) electrons. The van der Waals surface area contributed by atoms with Crippen LogP contribution < -0.4 is 9.62 Å². The summed E-state index contributed by atoms with van der Waals surface area (Å²) in [6.07, 6.45) is 0.991. The Hall–Kier alpha value is -2.48. The lowest BCUT2D eigenvalue weighted by atomic mass is 10.1. The first-order valence-corrected chi connectivity index (χ1v) is 9.23. The number of carbonyl (C=O) groups excluding carboxylic acids is 1. The van der Waals surface area contributed by atoms with Crippen LogP contribution in [-0.4, -0.2) is 27.1 Å². The predicted molar refractivity (Wildman–Crippen MR) is 93.1 cm³/mol. The Balaban J connectivity index is 2.31. The predicted octanol–water partition coefficient (Wildman–Crippen LogP) is 2.99. The molecular weight excluding hydrogens is 350 g/mol. The number of nitrogens with one attached hydrogen (secondary N) is 1. The Kier molecular flexibility index (Phi) is 5.42. The molecule has 0 fully saturated rings. The lowest BCUT2D eigenvalue weighted by Gasteiger charge is -2.25. The molecule has 2 rings (SSSR count). The van der Waals surface area contributed by atoms with Crippen molar-refractivity contribution < 1.29 is 22.0 Å². The number of para-hydroxylation sites is 1. The van der Waals surface area contributed by atoms with Crippen molar-refractivity contribution in [3.63, 3.8) is 0 Å². The Bertz CT molecular complexity index is 894. The smallest absolute Gasteiger partial charge is 0.245 e. The number of nitrogens with zero attached hydrogens (tertiary/aromatic N) is 1. The summed E-state index contributed by atoms with van der Waals surface area (Å²) in [5.41, 5.74) is 1.55. The summed E-state index contributed by atoms with van der Waals surface area (Å²) in [6.45, 7) is 2.94. The van der Waals surface area contributed by atoms with Gasteiger partial charge in [0.25, 0.3) is 0 Å². The fourth-order valence-electron chi connectivity index (χ4n) is 2.47. The standard InChI is InChI=1S/C17H18F2N2O3S/c1-11-5-4-6-12(2)17(11)21(25(3,23)24)10-16(22)20-15-8-7-13(18)9-14(15)19/h4-9H,10H2,1-3H3,(H,20,22). The third kappa shape index (κ3) is 4.54. The van der Waals surface area contributed by atoms with Crippen molar-refractivity contribution in [2.75, 3.05) is 22.4 Å². The van der Waals surface area contributed by atoms with E-state index in [0.29, 0.717) is 22.9 Å². The van der Waals surface area contributed by atoms with E-state index >= 15 is 0 Å². The van der Waals surface area contributed by atoms with E-state index in [1.165, 1.54) is 0 Å². The summed E-state index contributed by atoms with van der Waals surface area (Å²) in [5, 5.41) is 2.26. The molecule has 1 amide bonds. The number of sulfonamides is 1. The molecule has 0 heterocycles. The van der Waals surface area contributed by atoms with Gasteiger partial charge in [-0.05, 0) is 37.1 Å². The minimum atomic E-state index is -3.75. The van der Waals surface area contributed by atoms with E-state index in [1.807, 2.05) is 0 Å². The topological polar surface area (TPSA) is 66.5 Å². The van der Waals surface area contributed by atoms with Gasteiger partial charge in [-0.1, -0.05) is 18.2 Å². The minimum absolute atomic E-state index is 0.221. The highest BCUT2D eigenvalue weighted by Gasteiger charge is 2.24. The van der Waals surface area contributed by atoms with Crippen molar-refractivity contribution in [1.82, 2.24) is 0 Å². The third-order valence-electron chi connectivity index (χ3n) is 3.58. The second-order valence-corrected chi connectivity index (χ2v) is 7.59. The molecule has 134 valence electrons. The highest BCUT2D eigenvalue weighted by molar-refractivity contribution is 7.92. The van der Waals surface area contributed by atoms with Crippen molar-refractivity contribution in [2.24, 2.45) is 0 Å². The lowest BCUT2D eigenvalue weighted by molar-refractivity contribution is -0.114. The first kappa shape index (κ1) is 18.9. The van der Waals surface area contributed by atoms with E-state index in [0.717, 1.165) is 22.7 Å². The van der Waals surface area contributed by atoms with Gasteiger partial charge in [0, 0.05) is 6.07 Å². The molecule has 0 unspecified atom stereocenters. The highest BCUT2D eigenvalue weighted by Crippen LogP contribution is 2.26. The number of halogens is 2. The fraction of sp³-hybridized carbons (Fsp3) is 0.235. The lowest BCUT2D eigenvalue weighted by Crippen LogP contribution is -2.38. The first-order valence-electron chi connectivity index (χ1n) is 7.38. The largest absolute Gasteiger partial charge is 0.322 e. The van der Waals surface area contributed by atoms with Gasteiger partial charge >= 0.3 is 0 Å². The molecule has 0 atom stereocenters. The van der Waals surface area contributed by atoms with Gasteiger partial charge in [-0.3, -0.25) is 9.10 Å². The van der Waals surface area contributed by atoms with Gasteiger partial charge in [0.15, 0.2) is 0 Å². The average molecular weight is 368 g/mol. The summed E-state index contributed by atoms with van der Waals surface area (Å²) in [4.78, 5) is 12.2. The molecular formula is C17H18F2N2O3S. The van der Waals surface area contributed by atoms with Gasteiger partial charge in [0.05, 0.1) is 17.6 Å². The Labute approximate surface area is 145 Å². The summed E-state index contributed by atoms with van der Waals surface area (Å²) < 4.78 is 51.9. The monoisotopic (exact) mass is 368 g/mol. The SMILES string of the molecule is Cc1cccc(C)c1N(CC(=O)Nc1ccc(F)cc1F)S(C)(=O)=O. The summed E-state index contributed by atoms with van der Waals surface area (Å²) in [6, 6.07) is 7.96. The maximum absolute atomic E-state index is 13.6. The quantitative estimate of drug-likeness (QED) is 0.882. The van der Waals surface area contributed by atoms with Crippen LogP contribution in [0.15, 0.2) is 36.4 Å². The van der Waals surface area contributed by atoms with Crippen molar-refractivity contribution in [1.29, 1.82) is 0 Å². The minimum Gasteiger partial charge on any atom is -0.322 e. The number of anilines is 2. The molecule has 0 aromatic heterocycles. The van der Waals surface area contributed by atoms with Crippen LogP contribution in [0.25, 0.3) is 0 Å². The van der Waals surface area contributed by atoms with Crippen LogP contribution >= 0.6 is 0 Å². The van der Waals surface area contributed by atoms with Gasteiger partial charge in [-0.2, -0.15) is 0 Å². The maximum Gasteiger partial charge on any atom is 0.245 e. The second kappa shape index (κ2) is 7.18. The molecule has 0 aliphatic rings. The Morgan fingerprint density at radius 1 is 1.12 bits per heavy atom. The fourth-order valence-corrected chi connectivity index (χ4v) is 3.44. The number of aryl methyl sites for hydroxylation is 2. The zero-order valence-corrected chi connectivity index (χ0v) is 14.8. The van der Waals surface area contributed by atoms with Crippen molar-refractivity contribution >= 4 is 27.3 Å². The Morgan fingerprint density at radius 2 is 1.72 bits per heavy atom. The van der Waals surface area contributed by atoms with E-state index in [4.69, 9.17) is 0 Å². The van der Waals surface area contributed by atoms with E-state index < -0.39 is 34.1 Å². The van der Waals surface area contributed by atoms with Gasteiger partial charge in [0.1, 0.15) is 18.2 Å². The van der Waals surface area contributed by atoms with E-state index in [-0.39, 0.29) is 5.69 Å². The molecule has 0 bridgehead atoms. The normalized spacial score (nSPS) is 11.2. The Morgan fingerprint density at radius 3 is 2.24 bits per heavy atom. The molecule has 0 saturated carbocycles. The van der Waals surface area contributed by atoms with Crippen LogP contribution in [0, 0.1) is 25.5 Å². The van der Waals surface area contributed by atoms with Crippen LogP contribution in [0.2, 0.25) is 0 Å². The molecule has 25 heavy (non-hydrogen) atoms. The molecule has 1 N–H and O–H groups in total. The maximum atomic E-state index is 13.6. The average Bonchev–Trinajstić information content (AvgIpc) is 2.48.